The maximum absolute atomic E-state index is 13.2. The molecule has 3 aromatic rings. The molecule has 2 fully saturated rings. The van der Waals surface area contributed by atoms with Crippen LogP contribution in [0.5, 0.6) is 5.75 Å². The monoisotopic (exact) mass is 529 g/mol. The number of carbonyl (C=O) groups is 2. The number of carbonyl (C=O) groups excluding carboxylic acids is 2. The fourth-order valence-electron chi connectivity index (χ4n) is 5.86. The van der Waals surface area contributed by atoms with Crippen LogP contribution in [0.3, 0.4) is 0 Å². The van der Waals surface area contributed by atoms with Gasteiger partial charge in [0, 0.05) is 62.3 Å². The number of likely N-dealkylation sites (tertiary alicyclic amines) is 1. The lowest BCUT2D eigenvalue weighted by molar-refractivity contribution is -0.198. The fourth-order valence-corrected chi connectivity index (χ4v) is 5.86. The summed E-state index contributed by atoms with van der Waals surface area (Å²) in [5, 5.41) is 1.22. The standard InChI is InChI=1S/C31H35N3O5/c1-21(26-19-23-6-2-3-7-25(23)32-26)34-15-13-31(14-16-34)20-27(35)24-18-22(9-11-28(24)38-31)10-12-29(36)33-39-30-8-4-5-17-37-30/h2-3,6-7,9-12,18-19,21,30,32H,4-5,8,13-17,20H2,1H3,(H,33,36)/b12-10+. The van der Waals surface area contributed by atoms with E-state index in [4.69, 9.17) is 14.3 Å². The number of nitrogens with one attached hydrogen (secondary N) is 2. The number of hydroxylamine groups is 1. The molecule has 2 unspecified atom stereocenters. The molecular formula is C31H35N3O5. The van der Waals surface area contributed by atoms with Gasteiger partial charge in [0.15, 0.2) is 12.1 Å². The van der Waals surface area contributed by atoms with Crippen molar-refractivity contribution in [1.82, 2.24) is 15.4 Å². The predicted molar refractivity (Wildman–Crippen MR) is 148 cm³/mol. The minimum atomic E-state index is -0.462. The lowest BCUT2D eigenvalue weighted by atomic mass is 9.81. The van der Waals surface area contributed by atoms with Crippen LogP contribution in [0.4, 0.5) is 0 Å². The first-order valence-electron chi connectivity index (χ1n) is 13.9. The Morgan fingerprint density at radius 1 is 1.18 bits per heavy atom. The molecule has 204 valence electrons. The van der Waals surface area contributed by atoms with Crippen molar-refractivity contribution in [3.8, 4) is 5.75 Å². The molecule has 8 heteroatoms. The summed E-state index contributed by atoms with van der Waals surface area (Å²) in [6.07, 6.45) is 7.43. The highest BCUT2D eigenvalue weighted by molar-refractivity contribution is 6.01. The molecule has 0 radical (unpaired) electrons. The van der Waals surface area contributed by atoms with E-state index < -0.39 is 11.9 Å². The van der Waals surface area contributed by atoms with Gasteiger partial charge in [-0.25, -0.2) is 10.3 Å². The van der Waals surface area contributed by atoms with Gasteiger partial charge in [-0.15, -0.1) is 0 Å². The Hall–Kier alpha value is -3.46. The molecule has 0 saturated carbocycles. The summed E-state index contributed by atoms with van der Waals surface area (Å²) in [5.41, 5.74) is 5.65. The molecule has 4 heterocycles. The van der Waals surface area contributed by atoms with Gasteiger partial charge < -0.3 is 14.5 Å². The highest BCUT2D eigenvalue weighted by Crippen LogP contribution is 2.41. The van der Waals surface area contributed by atoms with E-state index in [1.54, 1.807) is 12.1 Å². The quantitative estimate of drug-likeness (QED) is 0.332. The van der Waals surface area contributed by atoms with Crippen molar-refractivity contribution in [2.24, 2.45) is 0 Å². The van der Waals surface area contributed by atoms with Gasteiger partial charge in [0.05, 0.1) is 12.0 Å². The molecule has 1 spiro atoms. The number of rotatable bonds is 6. The second-order valence-electron chi connectivity index (χ2n) is 10.9. The average molecular weight is 530 g/mol. The molecule has 0 bridgehead atoms. The number of hydrogen-bond donors (Lipinski definition) is 2. The number of ketones is 1. The van der Waals surface area contributed by atoms with Crippen LogP contribution < -0.4 is 10.2 Å². The number of aromatic amines is 1. The molecule has 0 aliphatic carbocycles. The molecular weight excluding hydrogens is 494 g/mol. The number of amides is 1. The molecule has 2 aromatic carbocycles. The van der Waals surface area contributed by atoms with Crippen molar-refractivity contribution in [2.45, 2.75) is 63.4 Å². The number of aromatic nitrogens is 1. The number of nitrogens with zero attached hydrogens (tertiary/aromatic N) is 1. The van der Waals surface area contributed by atoms with E-state index in [0.717, 1.165) is 56.3 Å². The first-order valence-corrected chi connectivity index (χ1v) is 13.9. The van der Waals surface area contributed by atoms with Gasteiger partial charge in [0.1, 0.15) is 11.4 Å². The van der Waals surface area contributed by atoms with Crippen LogP contribution in [-0.2, 0) is 14.4 Å². The van der Waals surface area contributed by atoms with E-state index in [0.29, 0.717) is 24.3 Å². The van der Waals surface area contributed by atoms with E-state index in [9.17, 15) is 9.59 Å². The lowest BCUT2D eigenvalue weighted by Crippen LogP contribution is -2.51. The van der Waals surface area contributed by atoms with Gasteiger partial charge in [-0.2, -0.15) is 0 Å². The number of ether oxygens (including phenoxy) is 2. The van der Waals surface area contributed by atoms with Crippen LogP contribution in [-0.4, -0.2) is 53.2 Å². The first kappa shape index (κ1) is 25.8. The molecule has 2 saturated heterocycles. The minimum absolute atomic E-state index is 0.0887. The van der Waals surface area contributed by atoms with Crippen molar-refractivity contribution >= 4 is 28.7 Å². The third kappa shape index (κ3) is 5.64. The second kappa shape index (κ2) is 11.0. The summed E-state index contributed by atoms with van der Waals surface area (Å²) in [7, 11) is 0. The maximum Gasteiger partial charge on any atom is 0.267 e. The Kier molecular flexibility index (Phi) is 7.25. The zero-order valence-corrected chi connectivity index (χ0v) is 22.3. The normalized spacial score (nSPS) is 22.1. The zero-order valence-electron chi connectivity index (χ0n) is 22.3. The molecule has 6 rings (SSSR count). The fraction of sp³-hybridized carbons (Fsp3) is 0.419. The third-order valence-corrected chi connectivity index (χ3v) is 8.23. The summed E-state index contributed by atoms with van der Waals surface area (Å²) in [6.45, 7) is 4.60. The molecule has 2 atom stereocenters. The summed E-state index contributed by atoms with van der Waals surface area (Å²) in [6, 6.07) is 16.3. The zero-order chi connectivity index (χ0) is 26.8. The van der Waals surface area contributed by atoms with E-state index in [1.807, 2.05) is 18.2 Å². The average Bonchev–Trinajstić information content (AvgIpc) is 3.40. The molecule has 39 heavy (non-hydrogen) atoms. The largest absolute Gasteiger partial charge is 0.486 e. The Morgan fingerprint density at radius 3 is 2.82 bits per heavy atom. The van der Waals surface area contributed by atoms with Crippen molar-refractivity contribution in [3.63, 3.8) is 0 Å². The number of hydrogen-bond acceptors (Lipinski definition) is 6. The number of benzene rings is 2. The van der Waals surface area contributed by atoms with Crippen molar-refractivity contribution in [2.75, 3.05) is 19.7 Å². The second-order valence-corrected chi connectivity index (χ2v) is 10.9. The number of Topliss-reactive ketones (excluding diaryl/α,β-unsaturated/α-hetero) is 1. The minimum Gasteiger partial charge on any atom is -0.486 e. The molecule has 3 aliphatic heterocycles. The summed E-state index contributed by atoms with van der Waals surface area (Å²) in [4.78, 5) is 36.7. The summed E-state index contributed by atoms with van der Waals surface area (Å²) < 4.78 is 12.0. The number of para-hydroxylation sites is 1. The van der Waals surface area contributed by atoms with Gasteiger partial charge in [0.25, 0.3) is 5.91 Å². The summed E-state index contributed by atoms with van der Waals surface area (Å²) in [5.74, 6) is 0.338. The maximum atomic E-state index is 13.2. The highest BCUT2D eigenvalue weighted by Gasteiger charge is 2.43. The van der Waals surface area contributed by atoms with Gasteiger partial charge in [0.2, 0.25) is 0 Å². The van der Waals surface area contributed by atoms with E-state index in [2.05, 4.69) is 46.6 Å². The van der Waals surface area contributed by atoms with Crippen LogP contribution in [0.25, 0.3) is 17.0 Å². The lowest BCUT2D eigenvalue weighted by Gasteiger charge is -2.45. The Bertz CT molecular complexity index is 1350. The van der Waals surface area contributed by atoms with Crippen LogP contribution in [0.15, 0.2) is 54.6 Å². The molecule has 2 N–H and O–H groups in total. The Labute approximate surface area is 228 Å². The number of H-pyrrole nitrogens is 1. The van der Waals surface area contributed by atoms with Crippen LogP contribution in [0, 0.1) is 0 Å². The van der Waals surface area contributed by atoms with Crippen LogP contribution >= 0.6 is 0 Å². The Morgan fingerprint density at radius 2 is 2.03 bits per heavy atom. The van der Waals surface area contributed by atoms with E-state index in [-0.39, 0.29) is 17.7 Å². The summed E-state index contributed by atoms with van der Waals surface area (Å²) >= 11 is 0. The smallest absolute Gasteiger partial charge is 0.267 e. The van der Waals surface area contributed by atoms with Gasteiger partial charge in [-0.1, -0.05) is 24.3 Å². The number of piperidine rings is 1. The molecule has 1 amide bonds. The van der Waals surface area contributed by atoms with Gasteiger partial charge >= 0.3 is 0 Å². The van der Waals surface area contributed by atoms with E-state index >= 15 is 0 Å². The van der Waals surface area contributed by atoms with Gasteiger partial charge in [-0.3, -0.25) is 14.5 Å². The van der Waals surface area contributed by atoms with Crippen molar-refractivity contribution < 1.29 is 23.9 Å². The predicted octanol–water partition coefficient (Wildman–Crippen LogP) is 5.32. The SMILES string of the molecule is CC(c1cc2ccccc2[nH]1)N1CCC2(CC1)CC(=O)c1cc(/C=C/C(=O)NOC3CCCCO3)ccc1O2. The highest BCUT2D eigenvalue weighted by atomic mass is 16.8. The molecule has 1 aromatic heterocycles. The van der Waals surface area contributed by atoms with Gasteiger partial charge in [-0.05, 0) is 61.1 Å². The van der Waals surface area contributed by atoms with Crippen molar-refractivity contribution in [3.05, 3.63) is 71.4 Å². The third-order valence-electron chi connectivity index (χ3n) is 8.23. The van der Waals surface area contributed by atoms with Crippen molar-refractivity contribution in [1.29, 1.82) is 0 Å². The van der Waals surface area contributed by atoms with Crippen LogP contribution in [0.2, 0.25) is 0 Å². The topological polar surface area (TPSA) is 92.9 Å². The number of fused-ring (bicyclic) bond motifs is 2. The van der Waals surface area contributed by atoms with E-state index in [1.165, 1.54) is 17.2 Å². The Balaban J connectivity index is 1.06. The van der Waals surface area contributed by atoms with Crippen LogP contribution in [0.1, 0.15) is 73.1 Å². The molecule has 3 aliphatic rings. The molecule has 8 nitrogen and oxygen atoms in total. The first-order chi connectivity index (χ1) is 19.0.